The summed E-state index contributed by atoms with van der Waals surface area (Å²) in [5.74, 6) is 1.22. The fraction of sp³-hybridized carbons (Fsp3) is 0.353. The lowest BCUT2D eigenvalue weighted by atomic mass is 10.1. The predicted octanol–water partition coefficient (Wildman–Crippen LogP) is 1.50. The van der Waals surface area contributed by atoms with Crippen molar-refractivity contribution in [1.82, 2.24) is 9.97 Å². The van der Waals surface area contributed by atoms with E-state index < -0.39 is 0 Å². The van der Waals surface area contributed by atoms with Gasteiger partial charge in [-0.05, 0) is 6.07 Å². The Morgan fingerprint density at radius 3 is 2.67 bits per heavy atom. The molecular formula is C17H20N4O3. The minimum Gasteiger partial charge on any atom is -0.496 e. The van der Waals surface area contributed by atoms with Gasteiger partial charge in [0, 0.05) is 18.7 Å². The second kappa shape index (κ2) is 7.74. The Hall–Kier alpha value is -2.67. The lowest BCUT2D eigenvalue weighted by molar-refractivity contribution is -0.115. The SMILES string of the molecule is COc1ccccc1CC(=O)Nc1cnc(N2CCOCC2)nc1. The van der Waals surface area contributed by atoms with Gasteiger partial charge in [0.05, 0.1) is 44.8 Å². The van der Waals surface area contributed by atoms with E-state index in [9.17, 15) is 4.79 Å². The van der Waals surface area contributed by atoms with Crippen molar-refractivity contribution in [2.24, 2.45) is 0 Å². The van der Waals surface area contributed by atoms with E-state index in [1.165, 1.54) is 0 Å². The number of methoxy groups -OCH3 is 1. The summed E-state index contributed by atoms with van der Waals surface area (Å²) in [5.41, 5.74) is 1.41. The van der Waals surface area contributed by atoms with Crippen molar-refractivity contribution in [2.75, 3.05) is 43.6 Å². The van der Waals surface area contributed by atoms with Crippen LogP contribution >= 0.6 is 0 Å². The van der Waals surface area contributed by atoms with Crippen LogP contribution < -0.4 is 15.0 Å². The number of carbonyl (C=O) groups is 1. The third-order valence-corrected chi connectivity index (χ3v) is 3.76. The number of hydrogen-bond acceptors (Lipinski definition) is 6. The first-order valence-electron chi connectivity index (χ1n) is 7.83. The Balaban J connectivity index is 1.60. The number of ether oxygens (including phenoxy) is 2. The molecule has 1 aliphatic rings. The summed E-state index contributed by atoms with van der Waals surface area (Å²) in [7, 11) is 1.59. The molecule has 1 saturated heterocycles. The lowest BCUT2D eigenvalue weighted by Gasteiger charge is -2.26. The van der Waals surface area contributed by atoms with E-state index in [0.29, 0.717) is 30.6 Å². The van der Waals surface area contributed by atoms with Gasteiger partial charge in [0.25, 0.3) is 0 Å². The van der Waals surface area contributed by atoms with Gasteiger partial charge in [-0.15, -0.1) is 0 Å². The molecule has 7 nitrogen and oxygen atoms in total. The van der Waals surface area contributed by atoms with Gasteiger partial charge in [-0.25, -0.2) is 9.97 Å². The van der Waals surface area contributed by atoms with Gasteiger partial charge in [-0.3, -0.25) is 4.79 Å². The standard InChI is InChI=1S/C17H20N4O3/c1-23-15-5-3-2-4-13(15)10-16(22)20-14-11-18-17(19-12-14)21-6-8-24-9-7-21/h2-5,11-12H,6-10H2,1H3,(H,20,22). The number of anilines is 2. The quantitative estimate of drug-likeness (QED) is 0.896. The summed E-state index contributed by atoms with van der Waals surface area (Å²) in [6.07, 6.45) is 3.48. The minimum atomic E-state index is -0.137. The molecular weight excluding hydrogens is 308 g/mol. The molecule has 1 aliphatic heterocycles. The van der Waals surface area contributed by atoms with Crippen molar-refractivity contribution in [3.63, 3.8) is 0 Å². The maximum absolute atomic E-state index is 12.2. The molecule has 1 aromatic carbocycles. The zero-order chi connectivity index (χ0) is 16.8. The monoisotopic (exact) mass is 328 g/mol. The fourth-order valence-corrected chi connectivity index (χ4v) is 2.54. The summed E-state index contributed by atoms with van der Waals surface area (Å²) < 4.78 is 10.6. The maximum atomic E-state index is 12.2. The molecule has 126 valence electrons. The van der Waals surface area contributed by atoms with Crippen LogP contribution in [0.25, 0.3) is 0 Å². The van der Waals surface area contributed by atoms with Crippen LogP contribution in [-0.4, -0.2) is 49.3 Å². The molecule has 3 rings (SSSR count). The Kier molecular flexibility index (Phi) is 5.22. The van der Waals surface area contributed by atoms with Crippen molar-refractivity contribution in [3.8, 4) is 5.75 Å². The first-order valence-corrected chi connectivity index (χ1v) is 7.83. The Labute approximate surface area is 140 Å². The number of aromatic nitrogens is 2. The third kappa shape index (κ3) is 3.99. The van der Waals surface area contributed by atoms with Crippen LogP contribution in [0.1, 0.15) is 5.56 Å². The third-order valence-electron chi connectivity index (χ3n) is 3.76. The van der Waals surface area contributed by atoms with Gasteiger partial charge in [0.1, 0.15) is 5.75 Å². The Morgan fingerprint density at radius 1 is 1.25 bits per heavy atom. The number of amides is 1. The normalized spacial score (nSPS) is 14.3. The number of benzene rings is 1. The van der Waals surface area contributed by atoms with Gasteiger partial charge in [-0.1, -0.05) is 18.2 Å². The van der Waals surface area contributed by atoms with Crippen LogP contribution in [0.3, 0.4) is 0 Å². The highest BCUT2D eigenvalue weighted by atomic mass is 16.5. The molecule has 1 amide bonds. The van der Waals surface area contributed by atoms with Gasteiger partial charge >= 0.3 is 0 Å². The second-order valence-corrected chi connectivity index (χ2v) is 5.41. The van der Waals surface area contributed by atoms with E-state index in [1.54, 1.807) is 19.5 Å². The Bertz CT molecular complexity index is 684. The summed E-state index contributed by atoms with van der Waals surface area (Å²) >= 11 is 0. The zero-order valence-corrected chi connectivity index (χ0v) is 13.6. The maximum Gasteiger partial charge on any atom is 0.229 e. The highest BCUT2D eigenvalue weighted by molar-refractivity contribution is 5.92. The van der Waals surface area contributed by atoms with E-state index >= 15 is 0 Å². The fourth-order valence-electron chi connectivity index (χ4n) is 2.54. The number of nitrogens with zero attached hydrogens (tertiary/aromatic N) is 3. The van der Waals surface area contributed by atoms with E-state index in [1.807, 2.05) is 24.3 Å². The van der Waals surface area contributed by atoms with E-state index in [2.05, 4.69) is 20.2 Å². The summed E-state index contributed by atoms with van der Waals surface area (Å²) in [6.45, 7) is 2.92. The summed E-state index contributed by atoms with van der Waals surface area (Å²) in [6, 6.07) is 7.46. The van der Waals surface area contributed by atoms with Crippen molar-refractivity contribution in [2.45, 2.75) is 6.42 Å². The van der Waals surface area contributed by atoms with E-state index in [4.69, 9.17) is 9.47 Å². The predicted molar refractivity (Wildman–Crippen MR) is 90.4 cm³/mol. The van der Waals surface area contributed by atoms with Crippen LogP contribution in [0.2, 0.25) is 0 Å². The van der Waals surface area contributed by atoms with Crippen LogP contribution in [0.5, 0.6) is 5.75 Å². The number of carbonyl (C=O) groups excluding carboxylic acids is 1. The number of nitrogens with one attached hydrogen (secondary N) is 1. The molecule has 2 aromatic rings. The molecule has 24 heavy (non-hydrogen) atoms. The Morgan fingerprint density at radius 2 is 1.96 bits per heavy atom. The zero-order valence-electron chi connectivity index (χ0n) is 13.6. The van der Waals surface area contributed by atoms with Crippen LogP contribution in [-0.2, 0) is 16.0 Å². The van der Waals surface area contributed by atoms with E-state index in [-0.39, 0.29) is 12.3 Å². The molecule has 0 atom stereocenters. The van der Waals surface area contributed by atoms with Crippen molar-refractivity contribution in [3.05, 3.63) is 42.2 Å². The smallest absolute Gasteiger partial charge is 0.229 e. The topological polar surface area (TPSA) is 76.6 Å². The average Bonchev–Trinajstić information content (AvgIpc) is 2.63. The van der Waals surface area contributed by atoms with E-state index in [0.717, 1.165) is 18.7 Å². The molecule has 0 unspecified atom stereocenters. The van der Waals surface area contributed by atoms with Crippen LogP contribution in [0.4, 0.5) is 11.6 Å². The molecule has 0 saturated carbocycles. The number of morpholine rings is 1. The molecule has 0 spiro atoms. The summed E-state index contributed by atoms with van der Waals surface area (Å²) in [4.78, 5) is 22.9. The lowest BCUT2D eigenvalue weighted by Crippen LogP contribution is -2.37. The van der Waals surface area contributed by atoms with Gasteiger partial charge in [0.15, 0.2) is 0 Å². The van der Waals surface area contributed by atoms with Gasteiger partial charge in [-0.2, -0.15) is 0 Å². The second-order valence-electron chi connectivity index (χ2n) is 5.41. The molecule has 1 N–H and O–H groups in total. The molecule has 0 aliphatic carbocycles. The van der Waals surface area contributed by atoms with Crippen molar-refractivity contribution >= 4 is 17.5 Å². The number of rotatable bonds is 5. The molecule has 0 radical (unpaired) electrons. The minimum absolute atomic E-state index is 0.137. The summed E-state index contributed by atoms with van der Waals surface area (Å²) in [5, 5.41) is 2.81. The molecule has 0 bridgehead atoms. The molecule has 1 fully saturated rings. The highest BCUT2D eigenvalue weighted by Gasteiger charge is 2.14. The average molecular weight is 328 g/mol. The number of para-hydroxylation sites is 1. The van der Waals surface area contributed by atoms with Crippen LogP contribution in [0, 0.1) is 0 Å². The largest absolute Gasteiger partial charge is 0.496 e. The van der Waals surface area contributed by atoms with Gasteiger partial charge < -0.3 is 19.7 Å². The molecule has 1 aromatic heterocycles. The first kappa shape index (κ1) is 16.2. The van der Waals surface area contributed by atoms with Crippen LogP contribution in [0.15, 0.2) is 36.7 Å². The number of hydrogen-bond donors (Lipinski definition) is 1. The molecule has 7 heteroatoms. The van der Waals surface area contributed by atoms with Gasteiger partial charge in [0.2, 0.25) is 11.9 Å². The van der Waals surface area contributed by atoms with Crippen molar-refractivity contribution < 1.29 is 14.3 Å². The first-order chi connectivity index (χ1) is 11.8. The van der Waals surface area contributed by atoms with Crippen molar-refractivity contribution in [1.29, 1.82) is 0 Å². The molecule has 2 heterocycles. The highest BCUT2D eigenvalue weighted by Crippen LogP contribution is 2.18.